The number of aliphatic hydroxyl groups excluding tert-OH is 2. The van der Waals surface area contributed by atoms with Gasteiger partial charge in [0.2, 0.25) is 0 Å². The smallest absolute Gasteiger partial charge is 0.344 e. The third-order valence-electron chi connectivity index (χ3n) is 7.28. The highest BCUT2D eigenvalue weighted by Gasteiger charge is 2.44. The van der Waals surface area contributed by atoms with Crippen LogP contribution in [0.25, 0.3) is 0 Å². The molecule has 36 heavy (non-hydrogen) atoms. The van der Waals surface area contributed by atoms with Crippen LogP contribution in [0, 0.1) is 17.8 Å². The maximum atomic E-state index is 12.3. The molecule has 202 valence electrons. The van der Waals surface area contributed by atoms with Gasteiger partial charge in [-0.2, -0.15) is 0 Å². The Balaban J connectivity index is 1.46. The Bertz CT molecular complexity index is 858. The number of esters is 1. The number of carboxylic acids is 1. The van der Waals surface area contributed by atoms with Crippen LogP contribution in [0.2, 0.25) is 0 Å². The van der Waals surface area contributed by atoms with Crippen molar-refractivity contribution in [3.05, 3.63) is 29.3 Å². The van der Waals surface area contributed by atoms with Crippen LogP contribution >= 0.6 is 0 Å². The van der Waals surface area contributed by atoms with Gasteiger partial charge in [0.1, 0.15) is 18.5 Å². The molecule has 1 saturated carbocycles. The monoisotopic (exact) mass is 508 g/mol. The van der Waals surface area contributed by atoms with Crippen LogP contribution in [0.3, 0.4) is 0 Å². The first-order chi connectivity index (χ1) is 17.3. The molecule has 0 saturated heterocycles. The molecule has 0 spiro atoms. The van der Waals surface area contributed by atoms with E-state index < -0.39 is 18.0 Å². The van der Waals surface area contributed by atoms with Gasteiger partial charge in [-0.3, -0.25) is 0 Å². The highest BCUT2D eigenvalue weighted by molar-refractivity contribution is 5.71. The topological polar surface area (TPSA) is 132 Å². The molecule has 6 atom stereocenters. The minimum absolute atomic E-state index is 0.148. The molecule has 0 bridgehead atoms. The molecule has 9 nitrogen and oxygen atoms in total. The zero-order valence-electron chi connectivity index (χ0n) is 21.3. The Morgan fingerprint density at radius 3 is 2.67 bits per heavy atom. The lowest BCUT2D eigenvalue weighted by Gasteiger charge is -2.32. The number of carbonyl (C=O) groups excluding carboxylic acids is 1. The van der Waals surface area contributed by atoms with Crippen LogP contribution < -0.4 is 4.74 Å². The van der Waals surface area contributed by atoms with Crippen molar-refractivity contribution >= 4 is 11.9 Å². The van der Waals surface area contributed by atoms with E-state index in [1.165, 1.54) is 5.56 Å². The summed E-state index contributed by atoms with van der Waals surface area (Å²) in [5, 5.41) is 29.2. The third kappa shape index (κ3) is 8.16. The molecule has 1 unspecified atom stereocenters. The van der Waals surface area contributed by atoms with E-state index in [9.17, 15) is 19.8 Å². The molecule has 3 rings (SSSR count). The average molecular weight is 509 g/mol. The van der Waals surface area contributed by atoms with Crippen molar-refractivity contribution in [3.63, 3.8) is 0 Å². The van der Waals surface area contributed by atoms with E-state index in [1.54, 1.807) is 6.92 Å². The maximum Gasteiger partial charge on any atom is 0.344 e. The second-order valence-corrected chi connectivity index (χ2v) is 9.94. The molecule has 0 heterocycles. The van der Waals surface area contributed by atoms with Gasteiger partial charge in [0.15, 0.2) is 6.61 Å². The first-order valence-electron chi connectivity index (χ1n) is 12.9. The van der Waals surface area contributed by atoms with Crippen LogP contribution in [0.4, 0.5) is 0 Å². The van der Waals surface area contributed by atoms with Gasteiger partial charge in [-0.25, -0.2) is 9.59 Å². The number of benzene rings is 1. The Morgan fingerprint density at radius 1 is 1.14 bits per heavy atom. The fourth-order valence-electron chi connectivity index (χ4n) is 5.48. The zero-order valence-corrected chi connectivity index (χ0v) is 21.3. The summed E-state index contributed by atoms with van der Waals surface area (Å²) < 4.78 is 21.4. The molecule has 2 aliphatic carbocycles. The van der Waals surface area contributed by atoms with Gasteiger partial charge in [-0.15, -0.1) is 0 Å². The molecular formula is C27H40O9. The van der Waals surface area contributed by atoms with Gasteiger partial charge >= 0.3 is 11.9 Å². The number of hydrogen-bond acceptors (Lipinski definition) is 8. The fraction of sp³-hybridized carbons (Fsp3) is 0.704. The van der Waals surface area contributed by atoms with Crippen molar-refractivity contribution in [3.8, 4) is 5.75 Å². The molecule has 0 aromatic heterocycles. The number of carbonyl (C=O) groups is 2. The van der Waals surface area contributed by atoms with Crippen molar-refractivity contribution in [2.45, 2.75) is 70.7 Å². The quantitative estimate of drug-likeness (QED) is 0.241. The molecular weight excluding hydrogens is 468 g/mol. The van der Waals surface area contributed by atoms with E-state index >= 15 is 0 Å². The minimum atomic E-state index is -1.04. The summed E-state index contributed by atoms with van der Waals surface area (Å²) in [6, 6.07) is 5.90. The van der Waals surface area contributed by atoms with Crippen LogP contribution in [-0.2, 0) is 36.6 Å². The van der Waals surface area contributed by atoms with E-state index in [2.05, 4.69) is 6.07 Å². The molecule has 0 amide bonds. The fourth-order valence-corrected chi connectivity index (χ4v) is 5.48. The molecule has 9 heteroatoms. The number of rotatable bonds is 15. The predicted molar refractivity (Wildman–Crippen MR) is 131 cm³/mol. The Hall–Kier alpha value is -2.20. The van der Waals surface area contributed by atoms with Crippen molar-refractivity contribution in [2.75, 3.05) is 33.0 Å². The molecule has 3 N–H and O–H groups in total. The van der Waals surface area contributed by atoms with Gasteiger partial charge in [-0.1, -0.05) is 19.1 Å². The summed E-state index contributed by atoms with van der Waals surface area (Å²) >= 11 is 0. The SMILES string of the molecule is CC[C@H](O)CC[C@@H]1[C@H]2Cc3cccc(OCC(=O)OC(C)COCCOCC(=O)O)c3C[C@H]2C[C@H]1O. The van der Waals surface area contributed by atoms with Crippen LogP contribution in [0.5, 0.6) is 5.75 Å². The number of aliphatic hydroxyl groups is 2. The summed E-state index contributed by atoms with van der Waals surface area (Å²) in [5.74, 6) is 0.116. The number of aliphatic carboxylic acids is 1. The zero-order chi connectivity index (χ0) is 26.1. The third-order valence-corrected chi connectivity index (χ3v) is 7.28. The highest BCUT2D eigenvalue weighted by Crippen LogP contribution is 2.48. The molecule has 1 fully saturated rings. The second kappa shape index (κ2) is 13.9. The summed E-state index contributed by atoms with van der Waals surface area (Å²) in [7, 11) is 0. The Labute approximate surface area is 212 Å². The first kappa shape index (κ1) is 28.4. The number of hydrogen-bond donors (Lipinski definition) is 3. The van der Waals surface area contributed by atoms with Gasteiger partial charge in [0.05, 0.1) is 32.0 Å². The normalized spacial score (nSPS) is 24.4. The van der Waals surface area contributed by atoms with E-state index in [0.29, 0.717) is 17.6 Å². The second-order valence-electron chi connectivity index (χ2n) is 9.94. The summed E-state index contributed by atoms with van der Waals surface area (Å²) in [6.07, 6.45) is 3.61. The number of carboxylic acid groups (broad SMARTS) is 1. The van der Waals surface area contributed by atoms with Crippen molar-refractivity contribution in [1.82, 2.24) is 0 Å². The highest BCUT2D eigenvalue weighted by atomic mass is 16.6. The molecule has 2 aliphatic rings. The summed E-state index contributed by atoms with van der Waals surface area (Å²) in [6.45, 7) is 3.63. The average Bonchev–Trinajstić information content (AvgIpc) is 3.15. The molecule has 0 aliphatic heterocycles. The lowest BCUT2D eigenvalue weighted by atomic mass is 9.73. The van der Waals surface area contributed by atoms with E-state index in [-0.39, 0.29) is 51.2 Å². The Morgan fingerprint density at radius 2 is 1.92 bits per heavy atom. The van der Waals surface area contributed by atoms with E-state index in [1.807, 2.05) is 19.1 Å². The maximum absolute atomic E-state index is 12.3. The van der Waals surface area contributed by atoms with E-state index in [0.717, 1.165) is 44.1 Å². The van der Waals surface area contributed by atoms with Gasteiger partial charge in [0.25, 0.3) is 0 Å². The predicted octanol–water partition coefficient (Wildman–Crippen LogP) is 2.38. The minimum Gasteiger partial charge on any atom is -0.482 e. The van der Waals surface area contributed by atoms with Gasteiger partial charge < -0.3 is 34.3 Å². The lowest BCUT2D eigenvalue weighted by Crippen LogP contribution is -2.28. The first-order valence-corrected chi connectivity index (χ1v) is 12.9. The van der Waals surface area contributed by atoms with Crippen LogP contribution in [0.15, 0.2) is 18.2 Å². The van der Waals surface area contributed by atoms with Crippen LogP contribution in [-0.4, -0.2) is 78.6 Å². The van der Waals surface area contributed by atoms with Crippen molar-refractivity contribution in [2.24, 2.45) is 17.8 Å². The van der Waals surface area contributed by atoms with Crippen molar-refractivity contribution in [1.29, 1.82) is 0 Å². The Kier molecular flexibility index (Phi) is 11.0. The number of fused-ring (bicyclic) bond motifs is 2. The summed E-state index contributed by atoms with van der Waals surface area (Å²) in [5.41, 5.74) is 2.30. The largest absolute Gasteiger partial charge is 0.482 e. The van der Waals surface area contributed by atoms with Gasteiger partial charge in [-0.05, 0) is 80.4 Å². The number of ether oxygens (including phenoxy) is 4. The molecule has 1 aromatic carbocycles. The van der Waals surface area contributed by atoms with Gasteiger partial charge in [0, 0.05) is 0 Å². The molecule has 0 radical (unpaired) electrons. The van der Waals surface area contributed by atoms with Crippen LogP contribution in [0.1, 0.15) is 50.7 Å². The molecule has 1 aromatic rings. The van der Waals surface area contributed by atoms with E-state index in [4.69, 9.17) is 24.1 Å². The summed E-state index contributed by atoms with van der Waals surface area (Å²) in [4.78, 5) is 22.7. The lowest BCUT2D eigenvalue weighted by molar-refractivity contribution is -0.154. The standard InChI is InChI=1S/C27H40O9/c1-3-20(28)7-8-21-22-11-18-5-4-6-25(23(18)12-19(22)13-24(21)29)35-16-27(32)36-17(2)14-33-9-10-34-15-26(30)31/h4-6,17,19-22,24,28-29H,3,7-16H2,1-2H3,(H,30,31)/t17?,19-,20-,21+,22-,24+/m0/s1. The van der Waals surface area contributed by atoms with Crippen molar-refractivity contribution < 1.29 is 43.9 Å².